The highest BCUT2D eigenvalue weighted by Gasteiger charge is 2.16. The van der Waals surface area contributed by atoms with Crippen LogP contribution < -0.4 is 5.32 Å². The van der Waals surface area contributed by atoms with Crippen molar-refractivity contribution in [3.8, 4) is 0 Å². The number of aryl methyl sites for hydroxylation is 2. The molecule has 2 nitrogen and oxygen atoms in total. The summed E-state index contributed by atoms with van der Waals surface area (Å²) in [4.78, 5) is 7.39. The average molecular weight is 308 g/mol. The van der Waals surface area contributed by atoms with Crippen molar-refractivity contribution in [2.75, 3.05) is 7.05 Å². The summed E-state index contributed by atoms with van der Waals surface area (Å²) in [5, 5.41) is 6.82. The van der Waals surface area contributed by atoms with E-state index in [1.807, 2.05) is 41.1 Å². The number of thiophene rings is 2. The highest BCUT2D eigenvalue weighted by molar-refractivity contribution is 7.27. The van der Waals surface area contributed by atoms with E-state index < -0.39 is 0 Å². The second kappa shape index (κ2) is 5.32. The summed E-state index contributed by atoms with van der Waals surface area (Å²) in [7, 11) is 2.03. The fourth-order valence-corrected chi connectivity index (χ4v) is 5.31. The maximum atomic E-state index is 4.65. The van der Waals surface area contributed by atoms with E-state index in [0.29, 0.717) is 6.04 Å². The van der Waals surface area contributed by atoms with E-state index in [2.05, 4.69) is 41.7 Å². The smallest absolute Gasteiger partial charge is 0.0950 e. The molecule has 1 unspecified atom stereocenters. The van der Waals surface area contributed by atoms with Crippen molar-refractivity contribution in [3.05, 3.63) is 38.0 Å². The lowest BCUT2D eigenvalue weighted by molar-refractivity contribution is 0.600. The van der Waals surface area contributed by atoms with Gasteiger partial charge in [-0.05, 0) is 38.4 Å². The lowest BCUT2D eigenvalue weighted by atomic mass is 10.2. The summed E-state index contributed by atoms with van der Waals surface area (Å²) in [6.45, 7) is 4.23. The predicted octanol–water partition coefficient (Wildman–Crippen LogP) is 4.54. The monoisotopic (exact) mass is 308 g/mol. The zero-order valence-electron chi connectivity index (χ0n) is 11.2. The van der Waals surface area contributed by atoms with Gasteiger partial charge in [0.2, 0.25) is 0 Å². The molecule has 0 aromatic carbocycles. The summed E-state index contributed by atoms with van der Waals surface area (Å²) in [6, 6.07) is 4.90. The molecule has 3 rings (SSSR count). The van der Waals surface area contributed by atoms with Crippen LogP contribution in [0, 0.1) is 13.8 Å². The van der Waals surface area contributed by atoms with Gasteiger partial charge >= 0.3 is 0 Å². The Bertz CT molecular complexity index is 644. The molecule has 100 valence electrons. The van der Waals surface area contributed by atoms with Crippen LogP contribution >= 0.6 is 34.0 Å². The van der Waals surface area contributed by atoms with Gasteiger partial charge < -0.3 is 5.32 Å². The van der Waals surface area contributed by atoms with Crippen LogP contribution in [0.5, 0.6) is 0 Å². The normalized spacial score (nSPS) is 13.2. The van der Waals surface area contributed by atoms with E-state index in [1.165, 1.54) is 29.9 Å². The molecule has 3 heterocycles. The Labute approximate surface area is 125 Å². The van der Waals surface area contributed by atoms with Crippen molar-refractivity contribution in [1.82, 2.24) is 10.3 Å². The molecule has 0 bridgehead atoms. The number of nitrogens with zero attached hydrogens (tertiary/aromatic N) is 1. The van der Waals surface area contributed by atoms with Crippen molar-refractivity contribution in [2.45, 2.75) is 26.3 Å². The number of nitrogens with one attached hydrogen (secondary N) is 1. The van der Waals surface area contributed by atoms with Gasteiger partial charge in [0.15, 0.2) is 0 Å². The van der Waals surface area contributed by atoms with Crippen LogP contribution in [0.15, 0.2) is 17.5 Å². The zero-order chi connectivity index (χ0) is 13.4. The van der Waals surface area contributed by atoms with Gasteiger partial charge in [-0.25, -0.2) is 4.98 Å². The third kappa shape index (κ3) is 2.60. The van der Waals surface area contributed by atoms with E-state index in [-0.39, 0.29) is 0 Å². The summed E-state index contributed by atoms with van der Waals surface area (Å²) in [6.07, 6.45) is 0.976. The molecular formula is C14H16N2S3. The number of fused-ring (bicyclic) bond motifs is 1. The first-order valence-electron chi connectivity index (χ1n) is 6.24. The molecule has 0 saturated heterocycles. The van der Waals surface area contributed by atoms with Crippen molar-refractivity contribution in [2.24, 2.45) is 0 Å². The zero-order valence-corrected chi connectivity index (χ0v) is 13.6. The molecule has 1 atom stereocenters. The standard InChI is InChI=1S/C14H16N2S3/c1-8-9(2)18-14(16-8)6-10(15-3)12-7-13-11(19-12)4-5-17-13/h4-5,7,10,15H,6H2,1-3H3. The second-order valence-corrected chi connectivity index (χ2v) is 7.94. The maximum Gasteiger partial charge on any atom is 0.0950 e. The minimum atomic E-state index is 0.370. The summed E-state index contributed by atoms with van der Waals surface area (Å²) >= 11 is 5.53. The van der Waals surface area contributed by atoms with Crippen LogP contribution in [0.4, 0.5) is 0 Å². The predicted molar refractivity (Wildman–Crippen MR) is 86.8 cm³/mol. The SMILES string of the molecule is CNC(Cc1nc(C)c(C)s1)c1cc2sccc2s1. The summed E-state index contributed by atoms with van der Waals surface area (Å²) in [5.41, 5.74) is 1.17. The Hall–Kier alpha value is -0.750. The van der Waals surface area contributed by atoms with Gasteiger partial charge in [-0.2, -0.15) is 0 Å². The summed E-state index contributed by atoms with van der Waals surface area (Å²) < 4.78 is 2.79. The number of thiazole rings is 1. The third-order valence-electron chi connectivity index (χ3n) is 3.30. The first kappa shape index (κ1) is 13.2. The van der Waals surface area contributed by atoms with Crippen molar-refractivity contribution in [1.29, 1.82) is 0 Å². The van der Waals surface area contributed by atoms with Gasteiger partial charge in [0.1, 0.15) is 0 Å². The van der Waals surface area contributed by atoms with Crippen LogP contribution in [0.25, 0.3) is 9.40 Å². The molecule has 3 aromatic heterocycles. The van der Waals surface area contributed by atoms with Crippen LogP contribution in [-0.4, -0.2) is 12.0 Å². The maximum absolute atomic E-state index is 4.65. The Morgan fingerprint density at radius 1 is 1.26 bits per heavy atom. The minimum absolute atomic E-state index is 0.370. The van der Waals surface area contributed by atoms with Gasteiger partial charge in [-0.3, -0.25) is 0 Å². The number of hydrogen-bond donors (Lipinski definition) is 1. The van der Waals surface area contributed by atoms with Crippen molar-refractivity contribution >= 4 is 43.4 Å². The number of hydrogen-bond acceptors (Lipinski definition) is 5. The van der Waals surface area contributed by atoms with Gasteiger partial charge in [0, 0.05) is 31.6 Å². The van der Waals surface area contributed by atoms with Gasteiger partial charge in [0.05, 0.1) is 10.7 Å². The number of aromatic nitrogens is 1. The quantitative estimate of drug-likeness (QED) is 0.765. The topological polar surface area (TPSA) is 24.9 Å². The van der Waals surface area contributed by atoms with Crippen LogP contribution in [0.2, 0.25) is 0 Å². The van der Waals surface area contributed by atoms with E-state index in [9.17, 15) is 0 Å². The minimum Gasteiger partial charge on any atom is -0.312 e. The van der Waals surface area contributed by atoms with Crippen LogP contribution in [0.3, 0.4) is 0 Å². The Morgan fingerprint density at radius 2 is 2.11 bits per heavy atom. The molecule has 3 aromatic rings. The lowest BCUT2D eigenvalue weighted by Crippen LogP contribution is -2.17. The van der Waals surface area contributed by atoms with Crippen LogP contribution in [0.1, 0.15) is 26.5 Å². The molecule has 5 heteroatoms. The number of likely N-dealkylation sites (N-methyl/N-ethyl adjacent to an activating group) is 1. The third-order valence-corrected chi connectivity index (χ3v) is 6.60. The first-order valence-corrected chi connectivity index (χ1v) is 8.75. The molecule has 0 aliphatic rings. The Kier molecular flexibility index (Phi) is 3.71. The van der Waals surface area contributed by atoms with Gasteiger partial charge in [0.25, 0.3) is 0 Å². The summed E-state index contributed by atoms with van der Waals surface area (Å²) in [5.74, 6) is 0. The molecular weight excluding hydrogens is 292 g/mol. The fourth-order valence-electron chi connectivity index (χ4n) is 2.10. The van der Waals surface area contributed by atoms with E-state index in [0.717, 1.165) is 6.42 Å². The number of rotatable bonds is 4. The van der Waals surface area contributed by atoms with Crippen molar-refractivity contribution in [3.63, 3.8) is 0 Å². The molecule has 0 saturated carbocycles. The largest absolute Gasteiger partial charge is 0.312 e. The molecule has 0 aliphatic carbocycles. The Balaban J connectivity index is 1.86. The second-order valence-electron chi connectivity index (χ2n) is 4.59. The lowest BCUT2D eigenvalue weighted by Gasteiger charge is -2.12. The van der Waals surface area contributed by atoms with Crippen molar-refractivity contribution < 1.29 is 0 Å². The molecule has 0 radical (unpaired) electrons. The first-order chi connectivity index (χ1) is 9.17. The molecule has 1 N–H and O–H groups in total. The fraction of sp³-hybridized carbons (Fsp3) is 0.357. The van der Waals surface area contributed by atoms with E-state index >= 15 is 0 Å². The molecule has 0 fully saturated rings. The highest BCUT2D eigenvalue weighted by atomic mass is 32.1. The van der Waals surface area contributed by atoms with Crippen LogP contribution in [-0.2, 0) is 6.42 Å². The molecule has 19 heavy (non-hydrogen) atoms. The average Bonchev–Trinajstić information content (AvgIpc) is 3.02. The molecule has 0 spiro atoms. The highest BCUT2D eigenvalue weighted by Crippen LogP contribution is 2.35. The molecule has 0 amide bonds. The van der Waals surface area contributed by atoms with E-state index in [1.54, 1.807) is 0 Å². The van der Waals surface area contributed by atoms with Gasteiger partial charge in [-0.1, -0.05) is 0 Å². The molecule has 0 aliphatic heterocycles. The Morgan fingerprint density at radius 3 is 2.74 bits per heavy atom. The van der Waals surface area contributed by atoms with E-state index in [4.69, 9.17) is 0 Å². The van der Waals surface area contributed by atoms with Gasteiger partial charge in [-0.15, -0.1) is 34.0 Å².